The van der Waals surface area contributed by atoms with Crippen LogP contribution in [0, 0.1) is 0 Å². The predicted octanol–water partition coefficient (Wildman–Crippen LogP) is 4.95. The molecule has 1 unspecified atom stereocenters. The smallest absolute Gasteiger partial charge is 0.164 e. The van der Waals surface area contributed by atoms with Crippen LogP contribution in [-0.2, 0) is 9.47 Å². The van der Waals surface area contributed by atoms with Crippen molar-refractivity contribution in [2.45, 2.75) is 6.23 Å². The van der Waals surface area contributed by atoms with E-state index in [1.54, 1.807) is 20.4 Å². The van der Waals surface area contributed by atoms with E-state index in [4.69, 9.17) is 19.4 Å². The van der Waals surface area contributed by atoms with Crippen LogP contribution >= 0.6 is 0 Å². The van der Waals surface area contributed by atoms with Crippen molar-refractivity contribution in [1.29, 1.82) is 0 Å². The maximum Gasteiger partial charge on any atom is 0.164 e. The molecule has 0 saturated carbocycles. The van der Waals surface area contributed by atoms with Gasteiger partial charge in [-0.05, 0) is 42.5 Å². The van der Waals surface area contributed by atoms with Gasteiger partial charge in [-0.25, -0.2) is 9.97 Å². The van der Waals surface area contributed by atoms with Gasteiger partial charge in [0.25, 0.3) is 0 Å². The van der Waals surface area contributed by atoms with Crippen LogP contribution in [0.15, 0.2) is 72.9 Å². The number of para-hydroxylation sites is 2. The van der Waals surface area contributed by atoms with E-state index in [2.05, 4.69) is 20.8 Å². The van der Waals surface area contributed by atoms with Crippen molar-refractivity contribution in [1.82, 2.24) is 20.2 Å². The maximum atomic E-state index is 5.49. The van der Waals surface area contributed by atoms with Crippen LogP contribution in [0.2, 0.25) is 0 Å². The molecule has 2 aromatic heterocycles. The first-order valence-electron chi connectivity index (χ1n) is 10.6. The van der Waals surface area contributed by atoms with E-state index < -0.39 is 0 Å². The summed E-state index contributed by atoms with van der Waals surface area (Å²) >= 11 is 0. The first-order chi connectivity index (χ1) is 16.2. The molecule has 5 aromatic rings. The van der Waals surface area contributed by atoms with Crippen LogP contribution in [0.1, 0.15) is 0 Å². The van der Waals surface area contributed by atoms with Crippen molar-refractivity contribution < 1.29 is 9.47 Å². The molecule has 3 N–H and O–H groups in total. The quantitative estimate of drug-likeness (QED) is 0.294. The maximum absolute atomic E-state index is 5.49. The average Bonchev–Trinajstić information content (AvgIpc) is 3.32. The molecular weight excluding hydrogens is 416 g/mol. The zero-order chi connectivity index (χ0) is 22.6. The number of ether oxygens (including phenoxy) is 2. The van der Waals surface area contributed by atoms with Crippen molar-refractivity contribution in [3.63, 3.8) is 0 Å². The Morgan fingerprint density at radius 3 is 2.70 bits per heavy atom. The average molecular weight is 441 g/mol. The normalized spacial score (nSPS) is 12.2. The highest BCUT2D eigenvalue weighted by molar-refractivity contribution is 5.94. The molecular formula is C25H24N6O2. The number of fused-ring (bicyclic) bond motifs is 2. The Labute approximate surface area is 191 Å². The van der Waals surface area contributed by atoms with E-state index >= 15 is 0 Å². The SMILES string of the molecule is COCC(Nc1ccccc1-c1nc(Nc2ccc3[nH]ncc3c2)c2ccccc2n1)OC. The Bertz CT molecular complexity index is 1400. The molecule has 8 heteroatoms. The number of nitrogens with zero attached hydrogens (tertiary/aromatic N) is 3. The second kappa shape index (κ2) is 9.23. The van der Waals surface area contributed by atoms with Crippen molar-refractivity contribution in [2.24, 2.45) is 0 Å². The lowest BCUT2D eigenvalue weighted by atomic mass is 10.1. The minimum atomic E-state index is -0.295. The number of benzene rings is 3. The first kappa shape index (κ1) is 20.9. The van der Waals surface area contributed by atoms with Gasteiger partial charge >= 0.3 is 0 Å². The van der Waals surface area contributed by atoms with Crippen molar-refractivity contribution in [3.05, 3.63) is 72.9 Å². The molecule has 33 heavy (non-hydrogen) atoms. The van der Waals surface area contributed by atoms with Crippen LogP contribution in [0.5, 0.6) is 0 Å². The molecule has 166 valence electrons. The number of methoxy groups -OCH3 is 2. The molecule has 0 aliphatic heterocycles. The van der Waals surface area contributed by atoms with Gasteiger partial charge in [0.1, 0.15) is 5.82 Å². The summed E-state index contributed by atoms with van der Waals surface area (Å²) in [4.78, 5) is 9.77. The topological polar surface area (TPSA) is 97.0 Å². The van der Waals surface area contributed by atoms with E-state index in [0.29, 0.717) is 12.4 Å². The Morgan fingerprint density at radius 1 is 0.970 bits per heavy atom. The molecule has 0 aliphatic rings. The number of hydrogen-bond donors (Lipinski definition) is 3. The van der Waals surface area contributed by atoms with Crippen LogP contribution < -0.4 is 10.6 Å². The molecule has 3 aromatic carbocycles. The molecule has 1 atom stereocenters. The Kier molecular flexibility index (Phi) is 5.84. The van der Waals surface area contributed by atoms with Gasteiger partial charge in [-0.15, -0.1) is 0 Å². The van der Waals surface area contributed by atoms with Crippen LogP contribution in [0.4, 0.5) is 17.2 Å². The summed E-state index contributed by atoms with van der Waals surface area (Å²) in [6.07, 6.45) is 1.51. The van der Waals surface area contributed by atoms with Crippen LogP contribution in [-0.4, -0.2) is 47.2 Å². The summed E-state index contributed by atoms with van der Waals surface area (Å²) in [6.45, 7) is 0.409. The molecule has 0 amide bonds. The second-order valence-corrected chi connectivity index (χ2v) is 7.58. The fourth-order valence-electron chi connectivity index (χ4n) is 3.75. The second-order valence-electron chi connectivity index (χ2n) is 7.58. The van der Waals surface area contributed by atoms with E-state index in [-0.39, 0.29) is 6.23 Å². The highest BCUT2D eigenvalue weighted by atomic mass is 16.5. The van der Waals surface area contributed by atoms with Gasteiger partial charge in [-0.3, -0.25) is 5.10 Å². The summed E-state index contributed by atoms with van der Waals surface area (Å²) in [5.74, 6) is 1.34. The summed E-state index contributed by atoms with van der Waals surface area (Å²) in [5, 5.41) is 15.9. The number of rotatable bonds is 8. The summed E-state index contributed by atoms with van der Waals surface area (Å²) in [6, 6.07) is 21.9. The third kappa shape index (κ3) is 4.34. The highest BCUT2D eigenvalue weighted by Crippen LogP contribution is 2.31. The highest BCUT2D eigenvalue weighted by Gasteiger charge is 2.15. The lowest BCUT2D eigenvalue weighted by Gasteiger charge is -2.20. The van der Waals surface area contributed by atoms with Crippen molar-refractivity contribution in [3.8, 4) is 11.4 Å². The summed E-state index contributed by atoms with van der Waals surface area (Å²) < 4.78 is 10.7. The fraction of sp³-hybridized carbons (Fsp3) is 0.160. The number of H-pyrrole nitrogens is 1. The van der Waals surface area contributed by atoms with E-state index in [1.165, 1.54) is 0 Å². The van der Waals surface area contributed by atoms with Crippen molar-refractivity contribution in [2.75, 3.05) is 31.5 Å². The number of anilines is 3. The molecule has 0 spiro atoms. The predicted molar refractivity (Wildman–Crippen MR) is 131 cm³/mol. The largest absolute Gasteiger partial charge is 0.380 e. The fourth-order valence-corrected chi connectivity index (χ4v) is 3.75. The zero-order valence-corrected chi connectivity index (χ0v) is 18.4. The van der Waals surface area contributed by atoms with E-state index in [1.807, 2.05) is 66.7 Å². The third-order valence-corrected chi connectivity index (χ3v) is 5.39. The van der Waals surface area contributed by atoms with Gasteiger partial charge in [0.2, 0.25) is 0 Å². The number of aromatic amines is 1. The monoisotopic (exact) mass is 440 g/mol. The van der Waals surface area contributed by atoms with Gasteiger partial charge in [-0.1, -0.05) is 24.3 Å². The molecule has 0 aliphatic carbocycles. The van der Waals surface area contributed by atoms with E-state index in [9.17, 15) is 0 Å². The lowest BCUT2D eigenvalue weighted by molar-refractivity contribution is 0.0457. The zero-order valence-electron chi connectivity index (χ0n) is 18.4. The first-order valence-corrected chi connectivity index (χ1v) is 10.6. The van der Waals surface area contributed by atoms with Gasteiger partial charge < -0.3 is 20.1 Å². The Hall–Kier alpha value is -4.01. The number of aromatic nitrogens is 4. The minimum Gasteiger partial charge on any atom is -0.380 e. The molecule has 8 nitrogen and oxygen atoms in total. The van der Waals surface area contributed by atoms with Gasteiger partial charge in [0.15, 0.2) is 12.1 Å². The van der Waals surface area contributed by atoms with Gasteiger partial charge in [0, 0.05) is 41.9 Å². The van der Waals surface area contributed by atoms with Crippen LogP contribution in [0.3, 0.4) is 0 Å². The van der Waals surface area contributed by atoms with E-state index in [0.717, 1.165) is 44.6 Å². The Balaban J connectivity index is 1.58. The van der Waals surface area contributed by atoms with Gasteiger partial charge in [0.05, 0.1) is 23.8 Å². The molecule has 0 saturated heterocycles. The molecule has 2 heterocycles. The molecule has 0 fully saturated rings. The summed E-state index contributed by atoms with van der Waals surface area (Å²) in [7, 11) is 3.29. The lowest BCUT2D eigenvalue weighted by Crippen LogP contribution is -2.27. The van der Waals surface area contributed by atoms with Gasteiger partial charge in [-0.2, -0.15) is 5.10 Å². The molecule has 0 bridgehead atoms. The standard InChI is InChI=1S/C25H24N6O2/c1-32-15-23(33-2)28-21-9-5-3-7-18(21)25-29-22-10-6-4-8-19(22)24(30-25)27-17-11-12-20-16(13-17)14-26-31-20/h3-14,23,28H,15H2,1-2H3,(H,26,31)(H,27,29,30). The van der Waals surface area contributed by atoms with Crippen LogP contribution in [0.25, 0.3) is 33.2 Å². The Morgan fingerprint density at radius 2 is 1.82 bits per heavy atom. The minimum absolute atomic E-state index is 0.295. The third-order valence-electron chi connectivity index (χ3n) is 5.39. The number of nitrogens with one attached hydrogen (secondary N) is 3. The summed E-state index contributed by atoms with van der Waals surface area (Å²) in [5.41, 5.74) is 4.49. The molecule has 5 rings (SSSR count). The number of hydrogen-bond acceptors (Lipinski definition) is 7. The van der Waals surface area contributed by atoms with Crippen molar-refractivity contribution >= 4 is 39.0 Å². The molecule has 0 radical (unpaired) electrons.